The average molecular weight is 419 g/mol. The Hall–Kier alpha value is -2.86. The molecule has 1 unspecified atom stereocenters. The van der Waals surface area contributed by atoms with Crippen LogP contribution in [0.25, 0.3) is 0 Å². The SMILES string of the molecule is COc1ccccc1N1CCN(/C=C(/C#N)C(=O)NC(CCSC)C(=O)O)CC1. The molecule has 1 amide bonds. The summed E-state index contributed by atoms with van der Waals surface area (Å²) in [7, 11) is 1.64. The smallest absolute Gasteiger partial charge is 0.326 e. The Morgan fingerprint density at radius 3 is 2.62 bits per heavy atom. The van der Waals surface area contributed by atoms with Crippen LogP contribution in [0.4, 0.5) is 5.69 Å². The molecule has 1 heterocycles. The first kappa shape index (κ1) is 22.4. The van der Waals surface area contributed by atoms with Gasteiger partial charge < -0.3 is 25.0 Å². The number of carboxylic acids is 1. The zero-order valence-electron chi connectivity index (χ0n) is 16.6. The maximum absolute atomic E-state index is 12.4. The number of thioether (sulfide) groups is 1. The summed E-state index contributed by atoms with van der Waals surface area (Å²) in [6.07, 6.45) is 3.69. The van der Waals surface area contributed by atoms with E-state index in [9.17, 15) is 20.0 Å². The second-order valence-corrected chi connectivity index (χ2v) is 7.48. The predicted molar refractivity (Wildman–Crippen MR) is 113 cm³/mol. The number of carbonyl (C=O) groups is 2. The highest BCUT2D eigenvalue weighted by Crippen LogP contribution is 2.28. The van der Waals surface area contributed by atoms with Crippen LogP contribution in [0.1, 0.15) is 6.42 Å². The summed E-state index contributed by atoms with van der Waals surface area (Å²) in [5, 5.41) is 21.1. The van der Waals surface area contributed by atoms with E-state index in [1.54, 1.807) is 7.11 Å². The Labute approximate surface area is 175 Å². The van der Waals surface area contributed by atoms with Crippen molar-refractivity contribution in [3.63, 3.8) is 0 Å². The van der Waals surface area contributed by atoms with Crippen molar-refractivity contribution >= 4 is 29.3 Å². The Morgan fingerprint density at radius 2 is 2.03 bits per heavy atom. The lowest BCUT2D eigenvalue weighted by molar-refractivity contribution is -0.141. The number of anilines is 1. The number of para-hydroxylation sites is 2. The highest BCUT2D eigenvalue weighted by atomic mass is 32.2. The molecule has 2 rings (SSSR count). The first-order chi connectivity index (χ1) is 14.0. The van der Waals surface area contributed by atoms with Gasteiger partial charge in [0.05, 0.1) is 12.8 Å². The molecule has 1 saturated heterocycles. The van der Waals surface area contributed by atoms with Crippen LogP contribution >= 0.6 is 11.8 Å². The lowest BCUT2D eigenvalue weighted by atomic mass is 10.2. The van der Waals surface area contributed by atoms with Crippen molar-refractivity contribution in [2.24, 2.45) is 0 Å². The molecule has 0 bridgehead atoms. The molecule has 1 aliphatic rings. The number of hydrogen-bond donors (Lipinski definition) is 2. The molecule has 29 heavy (non-hydrogen) atoms. The number of rotatable bonds is 9. The van der Waals surface area contributed by atoms with Gasteiger partial charge in [0, 0.05) is 32.4 Å². The van der Waals surface area contributed by atoms with E-state index in [4.69, 9.17) is 4.74 Å². The van der Waals surface area contributed by atoms with Crippen LogP contribution in [0.3, 0.4) is 0 Å². The van der Waals surface area contributed by atoms with Gasteiger partial charge in [0.2, 0.25) is 0 Å². The lowest BCUT2D eigenvalue weighted by Gasteiger charge is -2.36. The summed E-state index contributed by atoms with van der Waals surface area (Å²) in [4.78, 5) is 27.8. The third-order valence-corrected chi connectivity index (χ3v) is 5.27. The van der Waals surface area contributed by atoms with E-state index >= 15 is 0 Å². The number of aliphatic carboxylic acids is 1. The first-order valence-corrected chi connectivity index (χ1v) is 10.7. The highest BCUT2D eigenvalue weighted by molar-refractivity contribution is 7.98. The Morgan fingerprint density at radius 1 is 1.34 bits per heavy atom. The van der Waals surface area contributed by atoms with Gasteiger partial charge in [-0.2, -0.15) is 17.0 Å². The first-order valence-electron chi connectivity index (χ1n) is 9.26. The van der Waals surface area contributed by atoms with Gasteiger partial charge in [-0.1, -0.05) is 12.1 Å². The molecule has 2 N–H and O–H groups in total. The maximum atomic E-state index is 12.4. The predicted octanol–water partition coefficient (Wildman–Crippen LogP) is 1.55. The summed E-state index contributed by atoms with van der Waals surface area (Å²) < 4.78 is 5.41. The van der Waals surface area contributed by atoms with Gasteiger partial charge in [-0.05, 0) is 30.6 Å². The fourth-order valence-electron chi connectivity index (χ4n) is 3.03. The minimum atomic E-state index is -1.10. The second-order valence-electron chi connectivity index (χ2n) is 6.50. The van der Waals surface area contributed by atoms with Gasteiger partial charge >= 0.3 is 5.97 Å². The summed E-state index contributed by atoms with van der Waals surface area (Å²) in [6.45, 7) is 2.68. The van der Waals surface area contributed by atoms with E-state index in [1.165, 1.54) is 18.0 Å². The molecule has 1 fully saturated rings. The van der Waals surface area contributed by atoms with Gasteiger partial charge in [0.25, 0.3) is 5.91 Å². The molecule has 0 saturated carbocycles. The van der Waals surface area contributed by atoms with Crippen LogP contribution < -0.4 is 15.0 Å². The van der Waals surface area contributed by atoms with Gasteiger partial charge in [-0.3, -0.25) is 4.79 Å². The second kappa shape index (κ2) is 11.2. The summed E-state index contributed by atoms with van der Waals surface area (Å²) in [5.74, 6) is -0.352. The number of carboxylic acid groups (broad SMARTS) is 1. The van der Waals surface area contributed by atoms with Crippen LogP contribution in [0.2, 0.25) is 0 Å². The number of hydrogen-bond acceptors (Lipinski definition) is 7. The Kier molecular flexibility index (Phi) is 8.68. The molecule has 1 aromatic rings. The molecule has 9 heteroatoms. The molecule has 0 radical (unpaired) electrons. The number of methoxy groups -OCH3 is 1. The number of nitriles is 1. The van der Waals surface area contributed by atoms with E-state index < -0.39 is 17.9 Å². The number of nitrogens with zero attached hydrogens (tertiary/aromatic N) is 3. The van der Waals surface area contributed by atoms with E-state index in [0.29, 0.717) is 38.4 Å². The largest absolute Gasteiger partial charge is 0.495 e. The number of piperazine rings is 1. The molecule has 0 aromatic heterocycles. The van der Waals surface area contributed by atoms with Crippen LogP contribution in [0.5, 0.6) is 5.75 Å². The molecule has 0 aliphatic carbocycles. The minimum absolute atomic E-state index is 0.0915. The maximum Gasteiger partial charge on any atom is 0.326 e. The third kappa shape index (κ3) is 6.32. The average Bonchev–Trinajstić information content (AvgIpc) is 2.74. The van der Waals surface area contributed by atoms with Crippen molar-refractivity contribution in [2.75, 3.05) is 50.2 Å². The topological polar surface area (TPSA) is 106 Å². The number of carbonyl (C=O) groups excluding carboxylic acids is 1. The molecular formula is C20H26N4O4S. The zero-order chi connectivity index (χ0) is 21.2. The van der Waals surface area contributed by atoms with Gasteiger partial charge in [-0.15, -0.1) is 0 Å². The number of benzene rings is 1. The normalized spacial score (nSPS) is 15.4. The van der Waals surface area contributed by atoms with Gasteiger partial charge in [-0.25, -0.2) is 4.79 Å². The standard InChI is InChI=1S/C20H26N4O4S/c1-28-18-6-4-3-5-17(18)24-10-8-23(9-11-24)14-15(13-21)19(25)22-16(20(26)27)7-12-29-2/h3-6,14,16H,7-12H2,1-2H3,(H,22,25)(H,26,27)/b15-14-. The Balaban J connectivity index is 1.99. The molecule has 1 atom stereocenters. The van der Waals surface area contributed by atoms with Crippen LogP contribution in [0, 0.1) is 11.3 Å². The van der Waals surface area contributed by atoms with E-state index in [-0.39, 0.29) is 5.57 Å². The quantitative estimate of drug-likeness (QED) is 0.460. The zero-order valence-corrected chi connectivity index (χ0v) is 17.4. The Bertz CT molecular complexity index is 785. The molecular weight excluding hydrogens is 392 g/mol. The van der Waals surface area contributed by atoms with E-state index in [1.807, 2.05) is 41.5 Å². The number of nitrogens with one attached hydrogen (secondary N) is 1. The molecule has 1 aliphatic heterocycles. The third-order valence-electron chi connectivity index (χ3n) is 4.63. The van der Waals surface area contributed by atoms with Crippen LogP contribution in [0.15, 0.2) is 36.0 Å². The summed E-state index contributed by atoms with van der Waals surface area (Å²) in [6, 6.07) is 8.67. The summed E-state index contributed by atoms with van der Waals surface area (Å²) in [5.41, 5.74) is 0.918. The van der Waals surface area contributed by atoms with Gasteiger partial charge in [0.1, 0.15) is 23.4 Å². The van der Waals surface area contributed by atoms with Crippen molar-refractivity contribution in [1.29, 1.82) is 5.26 Å². The summed E-state index contributed by atoms with van der Waals surface area (Å²) >= 11 is 1.50. The van der Waals surface area contributed by atoms with E-state index in [0.717, 1.165) is 11.4 Å². The molecule has 8 nitrogen and oxygen atoms in total. The van der Waals surface area contributed by atoms with Crippen molar-refractivity contribution in [2.45, 2.75) is 12.5 Å². The van der Waals surface area contributed by atoms with Crippen molar-refractivity contribution in [3.8, 4) is 11.8 Å². The minimum Gasteiger partial charge on any atom is -0.495 e. The van der Waals surface area contributed by atoms with Gasteiger partial charge in [0.15, 0.2) is 0 Å². The lowest BCUT2D eigenvalue weighted by Crippen LogP contribution is -2.45. The van der Waals surface area contributed by atoms with Crippen LogP contribution in [-0.4, -0.2) is 73.2 Å². The molecule has 156 valence electrons. The monoisotopic (exact) mass is 418 g/mol. The van der Waals surface area contributed by atoms with Crippen molar-refractivity contribution in [1.82, 2.24) is 10.2 Å². The highest BCUT2D eigenvalue weighted by Gasteiger charge is 2.23. The molecule has 0 spiro atoms. The van der Waals surface area contributed by atoms with Crippen molar-refractivity contribution < 1.29 is 19.4 Å². The molecule has 1 aromatic carbocycles. The van der Waals surface area contributed by atoms with Crippen LogP contribution in [-0.2, 0) is 9.59 Å². The van der Waals surface area contributed by atoms with Crippen molar-refractivity contribution in [3.05, 3.63) is 36.0 Å². The number of ether oxygens (including phenoxy) is 1. The van der Waals surface area contributed by atoms with E-state index in [2.05, 4.69) is 10.2 Å². The fraction of sp³-hybridized carbons (Fsp3) is 0.450. The number of amides is 1. The fourth-order valence-corrected chi connectivity index (χ4v) is 3.50.